The Morgan fingerprint density at radius 1 is 1.44 bits per heavy atom. The van der Waals surface area contributed by atoms with E-state index >= 15 is 0 Å². The Labute approximate surface area is 105 Å². The number of nitrogens with one attached hydrogen (secondary N) is 1. The number of unbranched alkanes of at least 4 members (excludes halogenated alkanes) is 1. The van der Waals surface area contributed by atoms with E-state index in [2.05, 4.69) is 4.72 Å². The molecule has 1 aromatic carbocycles. The third-order valence-corrected chi connectivity index (χ3v) is 3.73. The van der Waals surface area contributed by atoms with Gasteiger partial charge in [0.25, 0.3) is 0 Å². The lowest BCUT2D eigenvalue weighted by atomic mass is 10.3. The van der Waals surface area contributed by atoms with Crippen LogP contribution in [0.4, 0.5) is 5.69 Å². The van der Waals surface area contributed by atoms with E-state index in [1.807, 2.05) is 6.92 Å². The molecule has 2 N–H and O–H groups in total. The molecule has 18 heavy (non-hydrogen) atoms. The Morgan fingerprint density at radius 3 is 2.67 bits per heavy atom. The summed E-state index contributed by atoms with van der Waals surface area (Å²) in [6, 6.07) is 2.95. The summed E-state index contributed by atoms with van der Waals surface area (Å²) in [7, 11) is -3.77. The maximum Gasteiger partial charge on any atom is 0.312 e. The van der Waals surface area contributed by atoms with Gasteiger partial charge in [-0.05, 0) is 18.6 Å². The lowest BCUT2D eigenvalue weighted by Gasteiger charge is -2.06. The minimum absolute atomic E-state index is 0.233. The molecule has 0 unspecified atom stereocenters. The summed E-state index contributed by atoms with van der Waals surface area (Å²) < 4.78 is 25.9. The van der Waals surface area contributed by atoms with Gasteiger partial charge in [-0.2, -0.15) is 0 Å². The molecular formula is C10H14N2O5S. The standard InChI is InChI=1S/C10H14N2O5S/c1-2-3-6-11-18(16,17)8-4-5-10(13)9(7-8)12(14)15/h4-5,7,11,13H,2-3,6H2,1H3. The van der Waals surface area contributed by atoms with E-state index in [0.29, 0.717) is 6.42 Å². The van der Waals surface area contributed by atoms with Gasteiger partial charge in [0.1, 0.15) is 0 Å². The lowest BCUT2D eigenvalue weighted by Crippen LogP contribution is -2.24. The first-order valence-corrected chi connectivity index (χ1v) is 6.84. The van der Waals surface area contributed by atoms with Crippen LogP contribution in [0.25, 0.3) is 0 Å². The van der Waals surface area contributed by atoms with Crippen LogP contribution in [0.15, 0.2) is 23.1 Å². The Balaban J connectivity index is 3.02. The molecule has 0 fully saturated rings. The van der Waals surface area contributed by atoms with Gasteiger partial charge in [-0.1, -0.05) is 13.3 Å². The summed E-state index contributed by atoms with van der Waals surface area (Å²) in [4.78, 5) is 9.53. The smallest absolute Gasteiger partial charge is 0.312 e. The summed E-state index contributed by atoms with van der Waals surface area (Å²) in [6.07, 6.45) is 1.51. The second kappa shape index (κ2) is 5.78. The molecule has 0 radical (unpaired) electrons. The maximum atomic E-state index is 11.8. The van der Waals surface area contributed by atoms with Crippen LogP contribution in [0.2, 0.25) is 0 Å². The van der Waals surface area contributed by atoms with Gasteiger partial charge in [0.05, 0.1) is 9.82 Å². The predicted molar refractivity (Wildman–Crippen MR) is 64.9 cm³/mol. The first-order valence-electron chi connectivity index (χ1n) is 5.35. The van der Waals surface area contributed by atoms with Gasteiger partial charge in [-0.3, -0.25) is 10.1 Å². The van der Waals surface area contributed by atoms with Crippen LogP contribution >= 0.6 is 0 Å². The van der Waals surface area contributed by atoms with Crippen LogP contribution in [-0.2, 0) is 10.0 Å². The molecular weight excluding hydrogens is 260 g/mol. The molecule has 0 aliphatic heterocycles. The van der Waals surface area contributed by atoms with Gasteiger partial charge in [-0.15, -0.1) is 0 Å². The first kappa shape index (κ1) is 14.4. The topological polar surface area (TPSA) is 110 Å². The molecule has 0 saturated carbocycles. The van der Waals surface area contributed by atoms with Crippen molar-refractivity contribution < 1.29 is 18.4 Å². The highest BCUT2D eigenvalue weighted by Gasteiger charge is 2.20. The fourth-order valence-electron chi connectivity index (χ4n) is 1.28. The van der Waals surface area contributed by atoms with Crippen molar-refractivity contribution in [3.63, 3.8) is 0 Å². The number of hydrogen-bond acceptors (Lipinski definition) is 5. The van der Waals surface area contributed by atoms with Crippen LogP contribution in [0, 0.1) is 10.1 Å². The summed E-state index contributed by atoms with van der Waals surface area (Å²) in [5.74, 6) is -0.562. The molecule has 8 heteroatoms. The Hall–Kier alpha value is -1.67. The second-order valence-electron chi connectivity index (χ2n) is 3.66. The molecule has 0 spiro atoms. The fraction of sp³-hybridized carbons (Fsp3) is 0.400. The van der Waals surface area contributed by atoms with Crippen LogP contribution in [0.5, 0.6) is 5.75 Å². The largest absolute Gasteiger partial charge is 0.502 e. The number of sulfonamides is 1. The summed E-state index contributed by atoms with van der Waals surface area (Å²) in [5.41, 5.74) is -0.631. The fourth-order valence-corrected chi connectivity index (χ4v) is 2.38. The molecule has 0 amide bonds. The Bertz CT molecular complexity index is 541. The zero-order chi connectivity index (χ0) is 13.8. The Morgan fingerprint density at radius 2 is 2.11 bits per heavy atom. The molecule has 0 atom stereocenters. The maximum absolute atomic E-state index is 11.8. The van der Waals surface area contributed by atoms with Crippen LogP contribution < -0.4 is 4.72 Å². The van der Waals surface area contributed by atoms with Gasteiger partial charge >= 0.3 is 5.69 Å². The van der Waals surface area contributed by atoms with E-state index in [-0.39, 0.29) is 11.4 Å². The van der Waals surface area contributed by atoms with Crippen LogP contribution in [0.3, 0.4) is 0 Å². The minimum Gasteiger partial charge on any atom is -0.502 e. The van der Waals surface area contributed by atoms with E-state index in [9.17, 15) is 23.6 Å². The van der Waals surface area contributed by atoms with Crippen molar-refractivity contribution in [2.75, 3.05) is 6.54 Å². The molecule has 7 nitrogen and oxygen atoms in total. The minimum atomic E-state index is -3.77. The predicted octanol–water partition coefficient (Wildman–Crippen LogP) is 1.38. The van der Waals surface area contributed by atoms with Gasteiger partial charge < -0.3 is 5.11 Å². The average Bonchev–Trinajstić information content (AvgIpc) is 2.29. The molecule has 0 saturated heterocycles. The monoisotopic (exact) mass is 274 g/mol. The first-order chi connectivity index (χ1) is 8.38. The summed E-state index contributed by atoms with van der Waals surface area (Å²) >= 11 is 0. The van der Waals surface area contributed by atoms with E-state index < -0.39 is 26.4 Å². The van der Waals surface area contributed by atoms with Crippen LogP contribution in [-0.4, -0.2) is 25.0 Å². The molecule has 0 aliphatic carbocycles. The number of nitro groups is 1. The van der Waals surface area contributed by atoms with Crippen molar-refractivity contribution in [2.24, 2.45) is 0 Å². The summed E-state index contributed by atoms with van der Waals surface area (Å²) in [6.45, 7) is 2.19. The normalized spacial score (nSPS) is 11.4. The number of hydrogen-bond donors (Lipinski definition) is 2. The highest BCUT2D eigenvalue weighted by molar-refractivity contribution is 7.89. The van der Waals surface area contributed by atoms with Crippen molar-refractivity contribution in [2.45, 2.75) is 24.7 Å². The van der Waals surface area contributed by atoms with Gasteiger partial charge in [-0.25, -0.2) is 13.1 Å². The van der Waals surface area contributed by atoms with E-state index in [4.69, 9.17) is 0 Å². The van der Waals surface area contributed by atoms with E-state index in [1.165, 1.54) is 0 Å². The SMILES string of the molecule is CCCCNS(=O)(=O)c1ccc(O)c([N+](=O)[O-])c1. The van der Waals surface area contributed by atoms with E-state index in [1.54, 1.807) is 0 Å². The van der Waals surface area contributed by atoms with Gasteiger partial charge in [0, 0.05) is 12.6 Å². The van der Waals surface area contributed by atoms with Crippen molar-refractivity contribution in [1.29, 1.82) is 0 Å². The Kier molecular flexibility index (Phi) is 4.62. The quantitative estimate of drug-likeness (QED) is 0.462. The molecule has 0 aromatic heterocycles. The third-order valence-electron chi connectivity index (χ3n) is 2.28. The number of phenols is 1. The zero-order valence-electron chi connectivity index (χ0n) is 9.79. The van der Waals surface area contributed by atoms with Crippen molar-refractivity contribution in [3.8, 4) is 5.75 Å². The number of phenolic OH excluding ortho intramolecular Hbond substituents is 1. The highest BCUT2D eigenvalue weighted by Crippen LogP contribution is 2.28. The lowest BCUT2D eigenvalue weighted by molar-refractivity contribution is -0.386. The van der Waals surface area contributed by atoms with Gasteiger partial charge in [0.15, 0.2) is 5.75 Å². The third kappa shape index (κ3) is 3.41. The van der Waals surface area contributed by atoms with Crippen LogP contribution in [0.1, 0.15) is 19.8 Å². The molecule has 0 bridgehead atoms. The van der Waals surface area contributed by atoms with E-state index in [0.717, 1.165) is 24.6 Å². The molecule has 1 rings (SSSR count). The summed E-state index contributed by atoms with van der Waals surface area (Å²) in [5, 5.41) is 19.8. The molecule has 0 aliphatic rings. The van der Waals surface area contributed by atoms with Crippen molar-refractivity contribution in [1.82, 2.24) is 4.72 Å². The number of aromatic hydroxyl groups is 1. The number of nitrogens with zero attached hydrogens (tertiary/aromatic N) is 1. The van der Waals surface area contributed by atoms with Crippen molar-refractivity contribution in [3.05, 3.63) is 28.3 Å². The van der Waals surface area contributed by atoms with Gasteiger partial charge in [0.2, 0.25) is 10.0 Å². The molecule has 100 valence electrons. The zero-order valence-corrected chi connectivity index (χ0v) is 10.6. The average molecular weight is 274 g/mol. The number of nitro benzene ring substituents is 1. The highest BCUT2D eigenvalue weighted by atomic mass is 32.2. The molecule has 1 aromatic rings. The second-order valence-corrected chi connectivity index (χ2v) is 5.43. The van der Waals surface area contributed by atoms with Crippen molar-refractivity contribution >= 4 is 15.7 Å². The number of rotatable bonds is 6. The number of benzene rings is 1. The molecule has 0 heterocycles.